The molecular weight excluding hydrogens is 477 g/mol. The van der Waals surface area contributed by atoms with Gasteiger partial charge >= 0.3 is 6.03 Å². The number of rotatable bonds is 4. The molecule has 0 aliphatic rings. The summed E-state index contributed by atoms with van der Waals surface area (Å²) >= 11 is 3.34. The van der Waals surface area contributed by atoms with E-state index in [0.717, 1.165) is 0 Å². The Hall–Kier alpha value is -3.72. The maximum atomic E-state index is 14.6. The number of hydrogen-bond acceptors (Lipinski definition) is 4. The molecule has 0 radical (unpaired) electrons. The summed E-state index contributed by atoms with van der Waals surface area (Å²) in [5, 5.41) is 5.85. The number of urea groups is 1. The lowest BCUT2D eigenvalue weighted by Crippen LogP contribution is -2.22. The highest BCUT2D eigenvalue weighted by atomic mass is 79.9. The maximum absolute atomic E-state index is 14.6. The second-order valence-corrected chi connectivity index (χ2v) is 7.89. The zero-order valence-electron chi connectivity index (χ0n) is 17.0. The average Bonchev–Trinajstić information content (AvgIpc) is 2.76. The predicted molar refractivity (Wildman–Crippen MR) is 128 cm³/mol. The number of benzene rings is 2. The van der Waals surface area contributed by atoms with E-state index in [0.29, 0.717) is 44.6 Å². The number of amides is 2. The summed E-state index contributed by atoms with van der Waals surface area (Å²) in [5.74, 6) is -0.333. The molecule has 0 fully saturated rings. The largest absolute Gasteiger partial charge is 0.384 e. The summed E-state index contributed by atoms with van der Waals surface area (Å²) < 4.78 is 16.6. The van der Waals surface area contributed by atoms with Crippen LogP contribution in [0.5, 0.6) is 0 Å². The van der Waals surface area contributed by atoms with Crippen molar-refractivity contribution in [2.45, 2.75) is 13.5 Å². The number of halogens is 2. The number of para-hydroxylation sites is 1. The molecule has 4 rings (SSSR count). The van der Waals surface area contributed by atoms with Crippen molar-refractivity contribution in [1.29, 1.82) is 0 Å². The summed E-state index contributed by atoms with van der Waals surface area (Å²) in [4.78, 5) is 29.7. The summed E-state index contributed by atoms with van der Waals surface area (Å²) in [6.45, 7) is 2.26. The van der Waals surface area contributed by atoms with E-state index in [1.807, 2.05) is 13.0 Å². The fourth-order valence-corrected chi connectivity index (χ4v) is 3.98. The topological polar surface area (TPSA) is 102 Å². The van der Waals surface area contributed by atoms with Gasteiger partial charge in [-0.15, -0.1) is 0 Å². The van der Waals surface area contributed by atoms with Crippen LogP contribution in [0.1, 0.15) is 6.92 Å². The van der Waals surface area contributed by atoms with Gasteiger partial charge in [0.2, 0.25) is 0 Å². The van der Waals surface area contributed by atoms with Gasteiger partial charge in [0, 0.05) is 45.5 Å². The molecule has 0 unspecified atom stereocenters. The number of pyridine rings is 2. The minimum atomic E-state index is -0.644. The molecule has 0 saturated heterocycles. The highest BCUT2D eigenvalue weighted by Crippen LogP contribution is 2.33. The third kappa shape index (κ3) is 4.19. The first kappa shape index (κ1) is 21.5. The van der Waals surface area contributed by atoms with Crippen molar-refractivity contribution in [1.82, 2.24) is 9.55 Å². The minimum Gasteiger partial charge on any atom is -0.384 e. The average molecular weight is 496 g/mol. The van der Waals surface area contributed by atoms with Crippen LogP contribution < -0.4 is 21.9 Å². The first-order valence-electron chi connectivity index (χ1n) is 9.79. The van der Waals surface area contributed by atoms with Gasteiger partial charge < -0.3 is 20.9 Å². The number of aromatic nitrogens is 2. The van der Waals surface area contributed by atoms with Crippen LogP contribution in [-0.4, -0.2) is 15.6 Å². The van der Waals surface area contributed by atoms with Crippen molar-refractivity contribution < 1.29 is 9.18 Å². The predicted octanol–water partition coefficient (Wildman–Crippen LogP) is 5.21. The molecule has 32 heavy (non-hydrogen) atoms. The molecule has 9 heteroatoms. The van der Waals surface area contributed by atoms with Crippen molar-refractivity contribution in [3.05, 3.63) is 81.4 Å². The lowest BCUT2D eigenvalue weighted by atomic mass is 10.0. The fraction of sp³-hybridized carbons (Fsp3) is 0.0870. The second-order valence-electron chi connectivity index (χ2n) is 7.03. The number of aryl methyl sites for hydroxylation is 1. The van der Waals surface area contributed by atoms with Crippen LogP contribution in [0.15, 0.2) is 70.1 Å². The van der Waals surface area contributed by atoms with E-state index >= 15 is 0 Å². The number of carbonyl (C=O) groups excluding carboxylic acids is 1. The van der Waals surface area contributed by atoms with Crippen molar-refractivity contribution in [2.24, 2.45) is 0 Å². The molecule has 2 aromatic carbocycles. The van der Waals surface area contributed by atoms with Gasteiger partial charge in [0.15, 0.2) is 0 Å². The van der Waals surface area contributed by atoms with E-state index in [-0.39, 0.29) is 11.2 Å². The van der Waals surface area contributed by atoms with Gasteiger partial charge in [-0.2, -0.15) is 0 Å². The Morgan fingerprint density at radius 2 is 1.88 bits per heavy atom. The highest BCUT2D eigenvalue weighted by molar-refractivity contribution is 9.10. The maximum Gasteiger partial charge on any atom is 0.323 e. The summed E-state index contributed by atoms with van der Waals surface area (Å²) in [6.07, 6.45) is 1.59. The molecule has 2 heterocycles. The highest BCUT2D eigenvalue weighted by Gasteiger charge is 2.17. The Morgan fingerprint density at radius 1 is 1.12 bits per heavy atom. The van der Waals surface area contributed by atoms with E-state index in [2.05, 4.69) is 31.5 Å². The van der Waals surface area contributed by atoms with E-state index in [4.69, 9.17) is 5.73 Å². The van der Waals surface area contributed by atoms with Crippen LogP contribution >= 0.6 is 15.9 Å². The molecule has 0 atom stereocenters. The van der Waals surface area contributed by atoms with Gasteiger partial charge in [-0.1, -0.05) is 34.1 Å². The van der Waals surface area contributed by atoms with Gasteiger partial charge in [0.05, 0.1) is 11.2 Å². The number of nitrogens with one attached hydrogen (secondary N) is 2. The molecule has 0 bridgehead atoms. The number of nitrogen functional groups attached to an aromatic ring is 1. The van der Waals surface area contributed by atoms with Gasteiger partial charge in [0.25, 0.3) is 5.56 Å². The van der Waals surface area contributed by atoms with Crippen LogP contribution in [0.4, 0.5) is 26.4 Å². The third-order valence-corrected chi connectivity index (χ3v) is 5.60. The van der Waals surface area contributed by atoms with Crippen LogP contribution in [0, 0.1) is 5.82 Å². The number of carbonyl (C=O) groups is 1. The molecule has 7 nitrogen and oxygen atoms in total. The molecule has 4 aromatic rings. The Bertz CT molecular complexity index is 1390. The van der Waals surface area contributed by atoms with E-state index in [1.54, 1.807) is 47.2 Å². The SMILES string of the molecule is CCn1c(=O)c(-c2cc(NC(=O)Nc3ccccc3)c(F)cc2Br)cc2cnc(N)cc21. The Balaban J connectivity index is 1.77. The van der Waals surface area contributed by atoms with E-state index < -0.39 is 11.8 Å². The normalized spacial score (nSPS) is 10.8. The molecule has 0 aliphatic heterocycles. The van der Waals surface area contributed by atoms with Crippen LogP contribution in [0.2, 0.25) is 0 Å². The number of fused-ring (bicyclic) bond motifs is 1. The second kappa shape index (κ2) is 8.80. The van der Waals surface area contributed by atoms with Crippen LogP contribution in [0.3, 0.4) is 0 Å². The Labute approximate surface area is 191 Å². The molecule has 0 saturated carbocycles. The zero-order valence-corrected chi connectivity index (χ0v) is 18.6. The summed E-state index contributed by atoms with van der Waals surface area (Å²) in [6, 6.07) is 14.2. The number of hydrogen-bond donors (Lipinski definition) is 3. The summed E-state index contributed by atoms with van der Waals surface area (Å²) in [5.41, 5.74) is 7.46. The first-order valence-corrected chi connectivity index (χ1v) is 10.6. The fourth-order valence-electron chi connectivity index (χ4n) is 3.45. The number of nitrogens with two attached hydrogens (primary N) is 1. The van der Waals surface area contributed by atoms with Crippen LogP contribution in [-0.2, 0) is 6.54 Å². The molecule has 0 aliphatic carbocycles. The van der Waals surface area contributed by atoms with Gasteiger partial charge in [0.1, 0.15) is 11.6 Å². The molecular formula is C23H19BrFN5O2. The monoisotopic (exact) mass is 495 g/mol. The van der Waals surface area contributed by atoms with Crippen molar-refractivity contribution in [3.63, 3.8) is 0 Å². The molecule has 2 aromatic heterocycles. The quantitative estimate of drug-likeness (QED) is 0.361. The van der Waals surface area contributed by atoms with Crippen LogP contribution in [0.25, 0.3) is 22.0 Å². The number of nitrogens with zero attached hydrogens (tertiary/aromatic N) is 2. The lowest BCUT2D eigenvalue weighted by molar-refractivity contribution is 0.262. The lowest BCUT2D eigenvalue weighted by Gasteiger charge is -2.14. The molecule has 162 valence electrons. The molecule has 2 amide bonds. The summed E-state index contributed by atoms with van der Waals surface area (Å²) in [7, 11) is 0. The van der Waals surface area contributed by atoms with Gasteiger partial charge in [-0.3, -0.25) is 4.79 Å². The molecule has 0 spiro atoms. The van der Waals surface area contributed by atoms with Gasteiger partial charge in [-0.25, -0.2) is 14.2 Å². The number of anilines is 3. The van der Waals surface area contributed by atoms with Crippen molar-refractivity contribution in [3.8, 4) is 11.1 Å². The van der Waals surface area contributed by atoms with Crippen molar-refractivity contribution >= 4 is 50.1 Å². The Morgan fingerprint density at radius 3 is 2.59 bits per heavy atom. The van der Waals surface area contributed by atoms with Gasteiger partial charge in [-0.05, 0) is 37.3 Å². The van der Waals surface area contributed by atoms with Crippen molar-refractivity contribution in [2.75, 3.05) is 16.4 Å². The standard InChI is InChI=1S/C23H19BrFN5O2/c1-2-30-20-11-21(26)27-12-13(20)8-16(22(30)31)15-9-19(18(25)10-17(15)24)29-23(32)28-14-6-4-3-5-7-14/h3-12H,2H2,1H3,(H2,26,27)(H2,28,29,32). The van der Waals surface area contributed by atoms with E-state index in [9.17, 15) is 14.0 Å². The zero-order chi connectivity index (χ0) is 22.8. The third-order valence-electron chi connectivity index (χ3n) is 4.94. The Kier molecular flexibility index (Phi) is 5.91. The first-order chi connectivity index (χ1) is 15.4. The minimum absolute atomic E-state index is 0.0605. The molecule has 4 N–H and O–H groups in total. The smallest absolute Gasteiger partial charge is 0.323 e. The van der Waals surface area contributed by atoms with E-state index in [1.165, 1.54) is 12.1 Å².